The van der Waals surface area contributed by atoms with E-state index in [1.54, 1.807) is 32.3 Å². The molecule has 1 atom stereocenters. The van der Waals surface area contributed by atoms with E-state index in [4.69, 9.17) is 4.74 Å². The average Bonchev–Trinajstić information content (AvgIpc) is 2.79. The first-order chi connectivity index (χ1) is 8.50. The number of hydrogen-bond donors (Lipinski definition) is 0. The molecular formula is C11H17N3O3S. The van der Waals surface area contributed by atoms with Crippen molar-refractivity contribution in [2.45, 2.75) is 31.6 Å². The Morgan fingerprint density at radius 3 is 2.67 bits per heavy atom. The van der Waals surface area contributed by atoms with Crippen molar-refractivity contribution in [3.8, 4) is 6.01 Å². The monoisotopic (exact) mass is 271 g/mol. The summed E-state index contributed by atoms with van der Waals surface area (Å²) in [6.45, 7) is 4.24. The highest BCUT2D eigenvalue weighted by molar-refractivity contribution is 7.89. The van der Waals surface area contributed by atoms with Crippen molar-refractivity contribution in [2.75, 3.05) is 13.1 Å². The molecule has 7 heteroatoms. The van der Waals surface area contributed by atoms with Crippen molar-refractivity contribution >= 4 is 10.0 Å². The molecule has 1 aliphatic rings. The molecule has 2 heterocycles. The van der Waals surface area contributed by atoms with Crippen molar-refractivity contribution in [2.24, 2.45) is 0 Å². The van der Waals surface area contributed by atoms with E-state index in [-0.39, 0.29) is 6.10 Å². The zero-order valence-corrected chi connectivity index (χ0v) is 11.3. The Morgan fingerprint density at radius 1 is 1.39 bits per heavy atom. The van der Waals surface area contributed by atoms with Crippen LogP contribution in [0.1, 0.15) is 20.3 Å². The summed E-state index contributed by atoms with van der Waals surface area (Å²) in [5.74, 6) is 0. The van der Waals surface area contributed by atoms with E-state index in [2.05, 4.69) is 9.97 Å². The molecule has 1 aliphatic heterocycles. The van der Waals surface area contributed by atoms with E-state index in [0.717, 1.165) is 0 Å². The lowest BCUT2D eigenvalue weighted by atomic mass is 10.3. The lowest BCUT2D eigenvalue weighted by Gasteiger charge is -2.18. The van der Waals surface area contributed by atoms with Crippen molar-refractivity contribution < 1.29 is 13.2 Å². The van der Waals surface area contributed by atoms with Crippen LogP contribution >= 0.6 is 0 Å². The van der Waals surface area contributed by atoms with Crippen LogP contribution in [0.4, 0.5) is 0 Å². The zero-order valence-electron chi connectivity index (χ0n) is 10.5. The lowest BCUT2D eigenvalue weighted by molar-refractivity contribution is 0.197. The molecule has 0 bridgehead atoms. The molecule has 6 nitrogen and oxygen atoms in total. The first kappa shape index (κ1) is 13.2. The van der Waals surface area contributed by atoms with Crippen LogP contribution in [0.2, 0.25) is 0 Å². The molecule has 1 aromatic rings. The Balaban J connectivity index is 1.97. The predicted molar refractivity (Wildman–Crippen MR) is 66.7 cm³/mol. The molecule has 1 aromatic heterocycles. The highest BCUT2D eigenvalue weighted by Crippen LogP contribution is 2.19. The summed E-state index contributed by atoms with van der Waals surface area (Å²) in [7, 11) is -3.19. The Morgan fingerprint density at radius 2 is 2.06 bits per heavy atom. The van der Waals surface area contributed by atoms with Gasteiger partial charge in [0.25, 0.3) is 0 Å². The maximum atomic E-state index is 12.0. The Hall–Kier alpha value is -1.21. The van der Waals surface area contributed by atoms with E-state index < -0.39 is 15.3 Å². The van der Waals surface area contributed by atoms with Crippen molar-refractivity contribution in [3.05, 3.63) is 18.5 Å². The minimum absolute atomic E-state index is 0.166. The molecule has 2 rings (SSSR count). The summed E-state index contributed by atoms with van der Waals surface area (Å²) in [4.78, 5) is 7.93. The molecule has 0 amide bonds. The maximum Gasteiger partial charge on any atom is 0.316 e. The fraction of sp³-hybridized carbons (Fsp3) is 0.636. The van der Waals surface area contributed by atoms with Gasteiger partial charge in [0.05, 0.1) is 11.8 Å². The first-order valence-corrected chi connectivity index (χ1v) is 7.43. The minimum atomic E-state index is -3.19. The second-order valence-corrected chi connectivity index (χ2v) is 7.00. The van der Waals surface area contributed by atoms with Gasteiger partial charge in [0.15, 0.2) is 0 Å². The fourth-order valence-corrected chi connectivity index (χ4v) is 3.15. The van der Waals surface area contributed by atoms with Crippen molar-refractivity contribution in [1.29, 1.82) is 0 Å². The molecule has 100 valence electrons. The molecule has 0 N–H and O–H groups in total. The first-order valence-electron chi connectivity index (χ1n) is 5.93. The molecule has 1 fully saturated rings. The summed E-state index contributed by atoms with van der Waals surface area (Å²) >= 11 is 0. The summed E-state index contributed by atoms with van der Waals surface area (Å²) < 4.78 is 31.0. The smallest absolute Gasteiger partial charge is 0.316 e. The predicted octanol–water partition coefficient (Wildman–Crippen LogP) is 0.668. The SMILES string of the molecule is CC(C)S(=O)(=O)N1CCC(Oc2ncccn2)C1. The molecule has 1 unspecified atom stereocenters. The number of nitrogens with zero attached hydrogens (tertiary/aromatic N) is 3. The topological polar surface area (TPSA) is 72.4 Å². The Bertz CT molecular complexity index is 490. The van der Waals surface area contributed by atoms with E-state index in [9.17, 15) is 8.42 Å². The van der Waals surface area contributed by atoms with Crippen LogP contribution in [-0.4, -0.2) is 47.1 Å². The van der Waals surface area contributed by atoms with Gasteiger partial charge in [0.2, 0.25) is 10.0 Å². The molecule has 1 saturated heterocycles. The van der Waals surface area contributed by atoms with Gasteiger partial charge in [-0.05, 0) is 26.3 Å². The molecular weight excluding hydrogens is 254 g/mol. The van der Waals surface area contributed by atoms with Crippen LogP contribution in [0.25, 0.3) is 0 Å². The second kappa shape index (κ2) is 5.19. The maximum absolute atomic E-state index is 12.0. The number of aromatic nitrogens is 2. The molecule has 0 spiro atoms. The molecule has 0 aliphatic carbocycles. The van der Waals surface area contributed by atoms with Gasteiger partial charge in [-0.25, -0.2) is 18.4 Å². The van der Waals surface area contributed by atoms with E-state index in [1.807, 2.05) is 0 Å². The van der Waals surface area contributed by atoms with Crippen LogP contribution in [0, 0.1) is 0 Å². The number of rotatable bonds is 4. The van der Waals surface area contributed by atoms with Crippen molar-refractivity contribution in [1.82, 2.24) is 14.3 Å². The third kappa shape index (κ3) is 2.78. The van der Waals surface area contributed by atoms with E-state index >= 15 is 0 Å². The molecule has 0 saturated carbocycles. The van der Waals surface area contributed by atoms with Crippen LogP contribution in [0.5, 0.6) is 6.01 Å². The fourth-order valence-electron chi connectivity index (χ4n) is 1.82. The number of ether oxygens (including phenoxy) is 1. The summed E-state index contributed by atoms with van der Waals surface area (Å²) in [6, 6.07) is 2.00. The third-order valence-corrected chi connectivity index (χ3v) is 5.12. The minimum Gasteiger partial charge on any atom is -0.459 e. The second-order valence-electron chi connectivity index (χ2n) is 4.51. The highest BCUT2D eigenvalue weighted by Gasteiger charge is 2.34. The summed E-state index contributed by atoms with van der Waals surface area (Å²) in [6.07, 6.45) is 3.70. The van der Waals surface area contributed by atoms with Gasteiger partial charge in [-0.2, -0.15) is 4.31 Å². The normalized spacial score (nSPS) is 21.4. The molecule has 0 aromatic carbocycles. The Labute approximate surface area is 107 Å². The van der Waals surface area contributed by atoms with Crippen LogP contribution < -0.4 is 4.74 Å². The van der Waals surface area contributed by atoms with Crippen LogP contribution in [0.15, 0.2) is 18.5 Å². The summed E-state index contributed by atoms with van der Waals surface area (Å²) in [5.41, 5.74) is 0. The summed E-state index contributed by atoms with van der Waals surface area (Å²) in [5, 5.41) is -0.399. The highest BCUT2D eigenvalue weighted by atomic mass is 32.2. The largest absolute Gasteiger partial charge is 0.459 e. The van der Waals surface area contributed by atoms with Gasteiger partial charge in [0.1, 0.15) is 6.10 Å². The van der Waals surface area contributed by atoms with Crippen LogP contribution in [-0.2, 0) is 10.0 Å². The van der Waals surface area contributed by atoms with Crippen LogP contribution in [0.3, 0.4) is 0 Å². The molecule has 18 heavy (non-hydrogen) atoms. The zero-order chi connectivity index (χ0) is 13.2. The van der Waals surface area contributed by atoms with E-state index in [1.165, 1.54) is 4.31 Å². The quantitative estimate of drug-likeness (QED) is 0.804. The third-order valence-electron chi connectivity index (χ3n) is 2.88. The number of hydrogen-bond acceptors (Lipinski definition) is 5. The van der Waals surface area contributed by atoms with Gasteiger partial charge >= 0.3 is 6.01 Å². The van der Waals surface area contributed by atoms with Gasteiger partial charge in [0, 0.05) is 18.9 Å². The van der Waals surface area contributed by atoms with E-state index in [0.29, 0.717) is 25.5 Å². The average molecular weight is 271 g/mol. The molecule has 0 radical (unpaired) electrons. The standard InChI is InChI=1S/C11H17N3O3S/c1-9(2)18(15,16)14-7-4-10(8-14)17-11-12-5-3-6-13-11/h3,5-6,9-10H,4,7-8H2,1-2H3. The van der Waals surface area contributed by atoms with Crippen molar-refractivity contribution in [3.63, 3.8) is 0 Å². The lowest BCUT2D eigenvalue weighted by Crippen LogP contribution is -2.35. The van der Waals surface area contributed by atoms with Gasteiger partial charge < -0.3 is 4.74 Å². The van der Waals surface area contributed by atoms with Gasteiger partial charge in [-0.15, -0.1) is 0 Å². The number of sulfonamides is 1. The Kier molecular flexibility index (Phi) is 3.82. The van der Waals surface area contributed by atoms with Gasteiger partial charge in [-0.3, -0.25) is 0 Å². The van der Waals surface area contributed by atoms with Gasteiger partial charge in [-0.1, -0.05) is 0 Å².